The SMILES string of the molecule is NC(=O)c1ccc(CC(c2nncn2Cc2ccccc2)N2CCN(C3CCC3)CC2)cc1.[HH]. The van der Waals surface area contributed by atoms with Crippen LogP contribution >= 0.6 is 0 Å². The molecule has 2 fully saturated rings. The van der Waals surface area contributed by atoms with Crippen molar-refractivity contribution in [3.05, 3.63) is 83.4 Å². The minimum atomic E-state index is -0.396. The van der Waals surface area contributed by atoms with Crippen molar-refractivity contribution in [2.24, 2.45) is 5.73 Å². The number of nitrogens with two attached hydrogens (primary N) is 1. The third-order valence-corrected chi connectivity index (χ3v) is 7.19. The van der Waals surface area contributed by atoms with Crippen LogP contribution in [0, 0.1) is 0 Å². The van der Waals surface area contributed by atoms with Crippen molar-refractivity contribution in [1.82, 2.24) is 24.6 Å². The molecule has 5 rings (SSSR count). The third kappa shape index (κ3) is 4.99. The van der Waals surface area contributed by atoms with Gasteiger partial charge in [0.2, 0.25) is 5.91 Å². The largest absolute Gasteiger partial charge is 0.366 e. The number of aromatic nitrogens is 3. The summed E-state index contributed by atoms with van der Waals surface area (Å²) < 4.78 is 2.18. The van der Waals surface area contributed by atoms with Crippen LogP contribution in [0.1, 0.15) is 54.0 Å². The quantitative estimate of drug-likeness (QED) is 0.575. The molecule has 1 saturated heterocycles. The van der Waals surface area contributed by atoms with Gasteiger partial charge >= 0.3 is 0 Å². The molecule has 33 heavy (non-hydrogen) atoms. The zero-order valence-electron chi connectivity index (χ0n) is 19.0. The van der Waals surface area contributed by atoms with Gasteiger partial charge in [-0.1, -0.05) is 48.9 Å². The lowest BCUT2D eigenvalue weighted by Crippen LogP contribution is -2.53. The number of nitrogens with zero attached hydrogens (tertiary/aromatic N) is 5. The van der Waals surface area contributed by atoms with Gasteiger partial charge in [0, 0.05) is 39.2 Å². The maximum Gasteiger partial charge on any atom is 0.248 e. The number of amides is 1. The summed E-state index contributed by atoms with van der Waals surface area (Å²) in [5.74, 6) is 0.600. The molecule has 0 spiro atoms. The van der Waals surface area contributed by atoms with E-state index in [9.17, 15) is 4.79 Å². The minimum Gasteiger partial charge on any atom is -0.366 e. The topological polar surface area (TPSA) is 80.3 Å². The molecule has 174 valence electrons. The second-order valence-electron chi connectivity index (χ2n) is 9.24. The molecule has 1 unspecified atom stereocenters. The Morgan fingerprint density at radius 2 is 1.73 bits per heavy atom. The Morgan fingerprint density at radius 3 is 2.36 bits per heavy atom. The zero-order valence-corrected chi connectivity index (χ0v) is 19.0. The second kappa shape index (κ2) is 9.85. The number of rotatable bonds is 8. The van der Waals surface area contributed by atoms with Crippen molar-refractivity contribution in [3.63, 3.8) is 0 Å². The summed E-state index contributed by atoms with van der Waals surface area (Å²) in [5, 5.41) is 8.89. The van der Waals surface area contributed by atoms with E-state index in [1.54, 1.807) is 0 Å². The molecule has 2 aliphatic rings. The predicted octanol–water partition coefficient (Wildman–Crippen LogP) is 3.13. The third-order valence-electron chi connectivity index (χ3n) is 7.19. The highest BCUT2D eigenvalue weighted by atomic mass is 16.1. The summed E-state index contributed by atoms with van der Waals surface area (Å²) in [5.41, 5.74) is 8.37. The lowest BCUT2D eigenvalue weighted by atomic mass is 9.91. The first-order chi connectivity index (χ1) is 16.2. The smallest absolute Gasteiger partial charge is 0.248 e. The van der Waals surface area contributed by atoms with E-state index in [4.69, 9.17) is 5.73 Å². The summed E-state index contributed by atoms with van der Waals surface area (Å²) in [4.78, 5) is 16.7. The van der Waals surface area contributed by atoms with Crippen molar-refractivity contribution >= 4 is 5.91 Å². The minimum absolute atomic E-state index is 0. The molecule has 1 amide bonds. The fraction of sp³-hybridized carbons (Fsp3) is 0.423. The molecule has 0 radical (unpaired) electrons. The van der Waals surface area contributed by atoms with E-state index in [-0.39, 0.29) is 7.47 Å². The number of primary amides is 1. The molecule has 1 aliphatic carbocycles. The Kier molecular flexibility index (Phi) is 6.51. The van der Waals surface area contributed by atoms with E-state index >= 15 is 0 Å². The molecule has 1 atom stereocenters. The van der Waals surface area contributed by atoms with E-state index in [1.165, 1.54) is 30.4 Å². The first kappa shape index (κ1) is 21.8. The fourth-order valence-corrected chi connectivity index (χ4v) is 5.00. The Labute approximate surface area is 196 Å². The van der Waals surface area contributed by atoms with E-state index in [2.05, 4.69) is 48.8 Å². The van der Waals surface area contributed by atoms with Crippen LogP contribution in [0.2, 0.25) is 0 Å². The van der Waals surface area contributed by atoms with Crippen LogP contribution in [-0.2, 0) is 13.0 Å². The zero-order chi connectivity index (χ0) is 22.6. The number of hydrogen-bond donors (Lipinski definition) is 1. The van der Waals surface area contributed by atoms with E-state index in [0.717, 1.165) is 51.0 Å². The van der Waals surface area contributed by atoms with Gasteiger partial charge in [-0.3, -0.25) is 14.6 Å². The molecule has 0 bridgehead atoms. The maximum atomic E-state index is 11.5. The Balaban J connectivity index is 0.00000274. The normalized spacial score (nSPS) is 18.7. The Hall–Kier alpha value is -3.03. The van der Waals surface area contributed by atoms with Gasteiger partial charge in [-0.05, 0) is 42.5 Å². The standard InChI is InChI=1S/C26H32N6O.H2/c27-25(33)22-11-9-20(10-12-22)17-24(31-15-13-30(14-16-31)23-7-4-8-23)26-29-28-19-32(26)18-21-5-2-1-3-6-21;/h1-3,5-6,9-12,19,23-24H,4,7-8,13-18H2,(H2,27,33);1H. The summed E-state index contributed by atoms with van der Waals surface area (Å²) >= 11 is 0. The van der Waals surface area contributed by atoms with Crippen LogP contribution in [0.4, 0.5) is 0 Å². The lowest BCUT2D eigenvalue weighted by Gasteiger charge is -2.44. The van der Waals surface area contributed by atoms with Crippen molar-refractivity contribution in [2.75, 3.05) is 26.2 Å². The van der Waals surface area contributed by atoms with Crippen LogP contribution in [0.25, 0.3) is 0 Å². The number of carbonyl (C=O) groups is 1. The van der Waals surface area contributed by atoms with Crippen molar-refractivity contribution in [2.45, 2.75) is 44.3 Å². The Morgan fingerprint density at radius 1 is 1.00 bits per heavy atom. The van der Waals surface area contributed by atoms with Crippen molar-refractivity contribution in [1.29, 1.82) is 0 Å². The average Bonchev–Trinajstić information content (AvgIpc) is 3.26. The van der Waals surface area contributed by atoms with E-state index in [1.807, 2.05) is 36.7 Å². The molecular formula is C26H34N6O. The van der Waals surface area contributed by atoms with E-state index in [0.29, 0.717) is 5.56 Å². The van der Waals surface area contributed by atoms with Crippen LogP contribution < -0.4 is 5.73 Å². The summed E-state index contributed by atoms with van der Waals surface area (Å²) in [7, 11) is 0. The second-order valence-corrected chi connectivity index (χ2v) is 9.24. The van der Waals surface area contributed by atoms with Crippen molar-refractivity contribution in [3.8, 4) is 0 Å². The van der Waals surface area contributed by atoms with Gasteiger partial charge in [0.15, 0.2) is 5.82 Å². The van der Waals surface area contributed by atoms with Gasteiger partial charge in [0.1, 0.15) is 6.33 Å². The molecule has 2 N–H and O–H groups in total. The molecule has 7 heteroatoms. The Bertz CT molecular complexity index is 1060. The summed E-state index contributed by atoms with van der Waals surface area (Å²) in [6, 6.07) is 19.0. The molecule has 3 aromatic rings. The van der Waals surface area contributed by atoms with Crippen LogP contribution in [-0.4, -0.2) is 62.7 Å². The molecular weight excluding hydrogens is 412 g/mol. The van der Waals surface area contributed by atoms with Gasteiger partial charge in [0.05, 0.1) is 12.6 Å². The van der Waals surface area contributed by atoms with Gasteiger partial charge in [-0.25, -0.2) is 0 Å². The van der Waals surface area contributed by atoms with Crippen molar-refractivity contribution < 1.29 is 6.22 Å². The summed E-state index contributed by atoms with van der Waals surface area (Å²) in [6.07, 6.45) is 6.73. The molecule has 1 saturated carbocycles. The molecule has 2 aromatic carbocycles. The van der Waals surface area contributed by atoms with Crippen LogP contribution in [0.5, 0.6) is 0 Å². The highest BCUT2D eigenvalue weighted by Crippen LogP contribution is 2.29. The van der Waals surface area contributed by atoms with Crippen LogP contribution in [0.3, 0.4) is 0 Å². The average molecular weight is 447 g/mol. The van der Waals surface area contributed by atoms with E-state index < -0.39 is 5.91 Å². The highest BCUT2D eigenvalue weighted by molar-refractivity contribution is 5.92. The molecule has 2 heterocycles. The molecule has 1 aliphatic heterocycles. The number of hydrogen-bond acceptors (Lipinski definition) is 5. The first-order valence-electron chi connectivity index (χ1n) is 12.0. The number of piperazine rings is 1. The maximum absolute atomic E-state index is 11.5. The predicted molar refractivity (Wildman–Crippen MR) is 130 cm³/mol. The number of benzene rings is 2. The number of carbonyl (C=O) groups excluding carboxylic acids is 1. The lowest BCUT2D eigenvalue weighted by molar-refractivity contribution is 0.0397. The fourth-order valence-electron chi connectivity index (χ4n) is 5.00. The van der Waals surface area contributed by atoms with Gasteiger partial charge < -0.3 is 10.3 Å². The molecule has 1 aromatic heterocycles. The highest BCUT2D eigenvalue weighted by Gasteiger charge is 2.32. The van der Waals surface area contributed by atoms with Gasteiger partial charge in [0.25, 0.3) is 0 Å². The van der Waals surface area contributed by atoms with Gasteiger partial charge in [-0.2, -0.15) is 0 Å². The summed E-state index contributed by atoms with van der Waals surface area (Å²) in [6.45, 7) is 5.02. The first-order valence-corrected chi connectivity index (χ1v) is 12.0. The monoisotopic (exact) mass is 446 g/mol. The van der Waals surface area contributed by atoms with Crippen LogP contribution in [0.15, 0.2) is 60.9 Å². The van der Waals surface area contributed by atoms with Gasteiger partial charge in [-0.15, -0.1) is 10.2 Å². The molecule has 7 nitrogen and oxygen atoms in total.